The second-order valence-corrected chi connectivity index (χ2v) is 6.80. The van der Waals surface area contributed by atoms with Gasteiger partial charge in [0, 0.05) is 56.9 Å². The van der Waals surface area contributed by atoms with E-state index in [4.69, 9.17) is 5.73 Å². The minimum atomic E-state index is -0.492. The fourth-order valence-corrected chi connectivity index (χ4v) is 3.23. The van der Waals surface area contributed by atoms with Gasteiger partial charge in [-0.25, -0.2) is 0 Å². The molecule has 1 saturated heterocycles. The van der Waals surface area contributed by atoms with Crippen LogP contribution in [0.3, 0.4) is 0 Å². The summed E-state index contributed by atoms with van der Waals surface area (Å²) in [5.74, 6) is -0.623. The molecule has 0 atom stereocenters. The van der Waals surface area contributed by atoms with Crippen molar-refractivity contribution in [3.05, 3.63) is 71.3 Å². The third-order valence-electron chi connectivity index (χ3n) is 4.86. The van der Waals surface area contributed by atoms with Gasteiger partial charge in [-0.2, -0.15) is 0 Å². The Hall–Kier alpha value is -2.70. The molecule has 0 aliphatic carbocycles. The summed E-state index contributed by atoms with van der Waals surface area (Å²) in [7, 11) is 0. The van der Waals surface area contributed by atoms with Gasteiger partial charge in [0.05, 0.1) is 0 Å². The van der Waals surface area contributed by atoms with Gasteiger partial charge in [0.1, 0.15) is 0 Å². The van der Waals surface area contributed by atoms with Gasteiger partial charge in [-0.3, -0.25) is 19.4 Å². The van der Waals surface area contributed by atoms with Crippen LogP contribution in [0.4, 0.5) is 0 Å². The van der Waals surface area contributed by atoms with Gasteiger partial charge in [-0.15, -0.1) is 0 Å². The number of nitrogens with one attached hydrogen (secondary N) is 1. The van der Waals surface area contributed by atoms with Crippen LogP contribution in [-0.2, 0) is 6.54 Å². The van der Waals surface area contributed by atoms with Crippen LogP contribution < -0.4 is 11.1 Å². The minimum Gasteiger partial charge on any atom is -0.366 e. The van der Waals surface area contributed by atoms with E-state index in [0.29, 0.717) is 17.7 Å². The fraction of sp³-hybridized carbons (Fsp3) is 0.333. The Kier molecular flexibility index (Phi) is 6.57. The van der Waals surface area contributed by atoms with Gasteiger partial charge in [0.25, 0.3) is 5.91 Å². The van der Waals surface area contributed by atoms with Crippen LogP contribution in [0.25, 0.3) is 0 Å². The smallest absolute Gasteiger partial charge is 0.251 e. The largest absolute Gasteiger partial charge is 0.366 e. The van der Waals surface area contributed by atoms with Crippen LogP contribution in [0.5, 0.6) is 0 Å². The number of hydrogen-bond donors (Lipinski definition) is 2. The number of amides is 2. The van der Waals surface area contributed by atoms with Crippen molar-refractivity contribution in [1.82, 2.24) is 15.1 Å². The molecule has 1 heterocycles. The standard InChI is InChI=1S/C21H26N4O2/c22-20(26)18-6-8-19(9-7-18)21(27)23-10-11-24-12-14-25(15-13-24)16-17-4-2-1-3-5-17/h1-9H,10-16H2,(H2,22,26)(H,23,27). The third-order valence-corrected chi connectivity index (χ3v) is 4.86. The lowest BCUT2D eigenvalue weighted by molar-refractivity contribution is 0.0932. The molecule has 0 saturated carbocycles. The maximum Gasteiger partial charge on any atom is 0.251 e. The number of rotatable bonds is 7. The van der Waals surface area contributed by atoms with E-state index in [1.807, 2.05) is 6.07 Å². The summed E-state index contributed by atoms with van der Waals surface area (Å²) in [6.07, 6.45) is 0. The highest BCUT2D eigenvalue weighted by Gasteiger charge is 2.17. The van der Waals surface area contributed by atoms with Crippen molar-refractivity contribution in [2.75, 3.05) is 39.3 Å². The van der Waals surface area contributed by atoms with Gasteiger partial charge in [-0.1, -0.05) is 30.3 Å². The Labute approximate surface area is 159 Å². The molecule has 1 aliphatic rings. The molecule has 0 bridgehead atoms. The number of nitrogens with zero attached hydrogens (tertiary/aromatic N) is 2. The molecule has 0 unspecified atom stereocenters. The highest BCUT2D eigenvalue weighted by atomic mass is 16.2. The maximum atomic E-state index is 12.2. The van der Waals surface area contributed by atoms with E-state index in [9.17, 15) is 9.59 Å². The molecule has 0 radical (unpaired) electrons. The zero-order chi connectivity index (χ0) is 19.1. The minimum absolute atomic E-state index is 0.131. The molecule has 27 heavy (non-hydrogen) atoms. The molecule has 0 aromatic heterocycles. The first-order valence-electron chi connectivity index (χ1n) is 9.28. The average molecular weight is 366 g/mol. The van der Waals surface area contributed by atoms with E-state index < -0.39 is 5.91 Å². The number of piperazine rings is 1. The molecular formula is C21H26N4O2. The molecule has 3 rings (SSSR count). The van der Waals surface area contributed by atoms with Crippen LogP contribution in [-0.4, -0.2) is 60.9 Å². The zero-order valence-corrected chi connectivity index (χ0v) is 15.4. The quantitative estimate of drug-likeness (QED) is 0.775. The van der Waals surface area contributed by atoms with Crippen LogP contribution in [0.1, 0.15) is 26.3 Å². The van der Waals surface area contributed by atoms with E-state index in [0.717, 1.165) is 39.3 Å². The molecule has 1 aliphatic heterocycles. The van der Waals surface area contributed by atoms with Gasteiger partial charge in [0.2, 0.25) is 5.91 Å². The Balaban J connectivity index is 1.36. The average Bonchev–Trinajstić information content (AvgIpc) is 2.70. The first-order chi connectivity index (χ1) is 13.1. The molecule has 6 heteroatoms. The Morgan fingerprint density at radius 3 is 2.07 bits per heavy atom. The molecule has 2 amide bonds. The summed E-state index contributed by atoms with van der Waals surface area (Å²) in [5.41, 5.74) is 7.49. The van der Waals surface area contributed by atoms with Gasteiger partial charge in [-0.05, 0) is 29.8 Å². The van der Waals surface area contributed by atoms with E-state index in [2.05, 4.69) is 39.4 Å². The van der Waals surface area contributed by atoms with Crippen LogP contribution >= 0.6 is 0 Å². The van der Waals surface area contributed by atoms with Crippen molar-refractivity contribution < 1.29 is 9.59 Å². The monoisotopic (exact) mass is 366 g/mol. The second kappa shape index (κ2) is 9.30. The SMILES string of the molecule is NC(=O)c1ccc(C(=O)NCCN2CCN(Cc3ccccc3)CC2)cc1. The number of primary amides is 1. The van der Waals surface area contributed by atoms with Crippen molar-refractivity contribution in [3.8, 4) is 0 Å². The molecule has 142 valence electrons. The number of carbonyl (C=O) groups is 2. The number of hydrogen-bond acceptors (Lipinski definition) is 4. The predicted molar refractivity (Wildman–Crippen MR) is 105 cm³/mol. The van der Waals surface area contributed by atoms with Crippen molar-refractivity contribution in [2.24, 2.45) is 5.73 Å². The second-order valence-electron chi connectivity index (χ2n) is 6.80. The topological polar surface area (TPSA) is 78.7 Å². The molecular weight excluding hydrogens is 340 g/mol. The highest BCUT2D eigenvalue weighted by Crippen LogP contribution is 2.08. The predicted octanol–water partition coefficient (Wildman–Crippen LogP) is 1.33. The number of nitrogens with two attached hydrogens (primary N) is 1. The van der Waals surface area contributed by atoms with E-state index in [1.165, 1.54) is 5.56 Å². The summed E-state index contributed by atoms with van der Waals surface area (Å²) in [4.78, 5) is 28.1. The van der Waals surface area contributed by atoms with Gasteiger partial charge >= 0.3 is 0 Å². The van der Waals surface area contributed by atoms with Crippen molar-refractivity contribution in [3.63, 3.8) is 0 Å². The van der Waals surface area contributed by atoms with E-state index >= 15 is 0 Å². The molecule has 0 spiro atoms. The Morgan fingerprint density at radius 1 is 0.852 bits per heavy atom. The lowest BCUT2D eigenvalue weighted by Crippen LogP contribution is -2.48. The van der Waals surface area contributed by atoms with Crippen LogP contribution in [0.2, 0.25) is 0 Å². The summed E-state index contributed by atoms with van der Waals surface area (Å²) in [6.45, 7) is 6.53. The molecule has 1 fully saturated rings. The molecule has 6 nitrogen and oxygen atoms in total. The van der Waals surface area contributed by atoms with Crippen LogP contribution in [0, 0.1) is 0 Å². The summed E-state index contributed by atoms with van der Waals surface area (Å²) >= 11 is 0. The zero-order valence-electron chi connectivity index (χ0n) is 15.4. The normalized spacial score (nSPS) is 15.4. The Bertz CT molecular complexity index is 754. The first kappa shape index (κ1) is 19.1. The van der Waals surface area contributed by atoms with Gasteiger partial charge < -0.3 is 11.1 Å². The lowest BCUT2D eigenvalue weighted by atomic mass is 10.1. The summed E-state index contributed by atoms with van der Waals surface area (Å²) in [5, 5.41) is 2.94. The van der Waals surface area contributed by atoms with E-state index in [-0.39, 0.29) is 5.91 Å². The maximum absolute atomic E-state index is 12.2. The number of benzene rings is 2. The first-order valence-corrected chi connectivity index (χ1v) is 9.28. The fourth-order valence-electron chi connectivity index (χ4n) is 3.23. The summed E-state index contributed by atoms with van der Waals surface area (Å²) in [6, 6.07) is 16.9. The van der Waals surface area contributed by atoms with Crippen molar-refractivity contribution in [1.29, 1.82) is 0 Å². The molecule has 2 aromatic carbocycles. The highest BCUT2D eigenvalue weighted by molar-refractivity contribution is 5.97. The van der Waals surface area contributed by atoms with Crippen LogP contribution in [0.15, 0.2) is 54.6 Å². The summed E-state index contributed by atoms with van der Waals surface area (Å²) < 4.78 is 0. The molecule has 2 aromatic rings. The van der Waals surface area contributed by atoms with Crippen molar-refractivity contribution in [2.45, 2.75) is 6.54 Å². The van der Waals surface area contributed by atoms with Crippen molar-refractivity contribution >= 4 is 11.8 Å². The lowest BCUT2D eigenvalue weighted by Gasteiger charge is -2.34. The van der Waals surface area contributed by atoms with E-state index in [1.54, 1.807) is 24.3 Å². The number of carbonyl (C=O) groups excluding carboxylic acids is 2. The molecule has 3 N–H and O–H groups in total. The Morgan fingerprint density at radius 2 is 1.44 bits per heavy atom. The third kappa shape index (κ3) is 5.64. The van der Waals surface area contributed by atoms with Gasteiger partial charge in [0.15, 0.2) is 0 Å².